The Kier molecular flexibility index (Phi) is 6.47. The van der Waals surface area contributed by atoms with E-state index in [9.17, 15) is 0 Å². The molecule has 0 amide bonds. The average molecular weight is 251 g/mol. The van der Waals surface area contributed by atoms with Crippen molar-refractivity contribution in [3.05, 3.63) is 11.9 Å². The van der Waals surface area contributed by atoms with Crippen LogP contribution in [0.2, 0.25) is 0 Å². The van der Waals surface area contributed by atoms with Gasteiger partial charge in [0.05, 0.1) is 6.10 Å². The van der Waals surface area contributed by atoms with Crippen molar-refractivity contribution in [2.24, 2.45) is 0 Å². The van der Waals surface area contributed by atoms with Gasteiger partial charge in [-0.15, -0.1) is 0 Å². The topological polar surface area (TPSA) is 47.0 Å². The van der Waals surface area contributed by atoms with Crippen molar-refractivity contribution in [2.75, 3.05) is 12.4 Å². The largest absolute Gasteiger partial charge is 0.475 e. The van der Waals surface area contributed by atoms with Crippen molar-refractivity contribution in [3.8, 4) is 5.88 Å². The summed E-state index contributed by atoms with van der Waals surface area (Å²) in [4.78, 5) is 8.54. The van der Waals surface area contributed by atoms with Gasteiger partial charge in [-0.1, -0.05) is 26.2 Å². The Morgan fingerprint density at radius 3 is 2.72 bits per heavy atom. The summed E-state index contributed by atoms with van der Waals surface area (Å²) in [6.45, 7) is 6.20. The van der Waals surface area contributed by atoms with E-state index >= 15 is 0 Å². The zero-order chi connectivity index (χ0) is 13.4. The van der Waals surface area contributed by atoms with Gasteiger partial charge >= 0.3 is 0 Å². The molecular weight excluding hydrogens is 226 g/mol. The SMILES string of the molecule is CCCCCCC(C)Oc1cc(NC)nc(C)n1. The van der Waals surface area contributed by atoms with Gasteiger partial charge in [0.1, 0.15) is 11.6 Å². The Morgan fingerprint density at radius 2 is 2.06 bits per heavy atom. The quantitative estimate of drug-likeness (QED) is 0.718. The third-order valence-corrected chi connectivity index (χ3v) is 2.86. The molecule has 0 aliphatic carbocycles. The highest BCUT2D eigenvalue weighted by Gasteiger charge is 2.07. The van der Waals surface area contributed by atoms with Gasteiger partial charge in [0, 0.05) is 13.1 Å². The minimum Gasteiger partial charge on any atom is -0.475 e. The first-order chi connectivity index (χ1) is 8.65. The summed E-state index contributed by atoms with van der Waals surface area (Å²) in [5.74, 6) is 2.19. The standard InChI is InChI=1S/C14H25N3O/c1-5-6-7-8-9-11(2)18-14-10-13(15-4)16-12(3)17-14/h10-11H,5-9H2,1-4H3,(H,15,16,17). The summed E-state index contributed by atoms with van der Waals surface area (Å²) in [7, 11) is 1.85. The van der Waals surface area contributed by atoms with Gasteiger partial charge in [0.2, 0.25) is 5.88 Å². The molecule has 0 saturated carbocycles. The summed E-state index contributed by atoms with van der Waals surface area (Å²) in [6.07, 6.45) is 6.38. The molecule has 1 N–H and O–H groups in total. The maximum Gasteiger partial charge on any atom is 0.218 e. The fourth-order valence-electron chi connectivity index (χ4n) is 1.85. The smallest absolute Gasteiger partial charge is 0.218 e. The molecule has 1 heterocycles. The number of hydrogen-bond acceptors (Lipinski definition) is 4. The summed E-state index contributed by atoms with van der Waals surface area (Å²) in [5.41, 5.74) is 0. The van der Waals surface area contributed by atoms with Gasteiger partial charge < -0.3 is 10.1 Å². The van der Waals surface area contributed by atoms with E-state index in [1.54, 1.807) is 0 Å². The van der Waals surface area contributed by atoms with Crippen LogP contribution in [-0.2, 0) is 0 Å². The lowest BCUT2D eigenvalue weighted by molar-refractivity contribution is 0.197. The van der Waals surface area contributed by atoms with Crippen molar-refractivity contribution in [3.63, 3.8) is 0 Å². The first-order valence-electron chi connectivity index (χ1n) is 6.85. The first-order valence-corrected chi connectivity index (χ1v) is 6.85. The van der Waals surface area contributed by atoms with Crippen LogP contribution in [0.3, 0.4) is 0 Å². The zero-order valence-corrected chi connectivity index (χ0v) is 12.0. The van der Waals surface area contributed by atoms with Crippen LogP contribution in [0.4, 0.5) is 5.82 Å². The molecule has 102 valence electrons. The Morgan fingerprint density at radius 1 is 1.28 bits per heavy atom. The maximum atomic E-state index is 5.83. The zero-order valence-electron chi connectivity index (χ0n) is 12.0. The van der Waals surface area contributed by atoms with E-state index in [0.717, 1.165) is 18.1 Å². The van der Waals surface area contributed by atoms with Crippen LogP contribution in [0.15, 0.2) is 6.07 Å². The van der Waals surface area contributed by atoms with Crippen LogP contribution < -0.4 is 10.1 Å². The molecule has 0 fully saturated rings. The minimum atomic E-state index is 0.209. The van der Waals surface area contributed by atoms with Crippen molar-refractivity contribution in [1.29, 1.82) is 0 Å². The lowest BCUT2D eigenvalue weighted by Crippen LogP contribution is -2.13. The third-order valence-electron chi connectivity index (χ3n) is 2.86. The molecule has 1 atom stereocenters. The Bertz CT molecular complexity index is 355. The second-order valence-electron chi connectivity index (χ2n) is 4.67. The number of hydrogen-bond donors (Lipinski definition) is 1. The van der Waals surface area contributed by atoms with Gasteiger partial charge in [-0.25, -0.2) is 4.98 Å². The number of rotatable bonds is 8. The van der Waals surface area contributed by atoms with Crippen molar-refractivity contribution >= 4 is 5.82 Å². The predicted octanol–water partition coefficient (Wildman–Crippen LogP) is 3.56. The molecule has 0 bridgehead atoms. The summed E-state index contributed by atoms with van der Waals surface area (Å²) >= 11 is 0. The molecule has 4 nitrogen and oxygen atoms in total. The number of aromatic nitrogens is 2. The van der Waals surface area contributed by atoms with E-state index in [2.05, 4.69) is 29.1 Å². The van der Waals surface area contributed by atoms with Gasteiger partial charge in [-0.3, -0.25) is 0 Å². The molecule has 1 aromatic rings. The molecule has 4 heteroatoms. The Balaban J connectivity index is 2.43. The highest BCUT2D eigenvalue weighted by atomic mass is 16.5. The van der Waals surface area contributed by atoms with Crippen LogP contribution in [0.25, 0.3) is 0 Å². The minimum absolute atomic E-state index is 0.209. The van der Waals surface area contributed by atoms with Crippen molar-refractivity contribution in [2.45, 2.75) is 59.0 Å². The first kappa shape index (κ1) is 14.7. The van der Waals surface area contributed by atoms with E-state index in [1.807, 2.05) is 20.0 Å². The highest BCUT2D eigenvalue weighted by molar-refractivity contribution is 5.37. The molecule has 18 heavy (non-hydrogen) atoms. The molecule has 0 aliphatic heterocycles. The summed E-state index contributed by atoms with van der Waals surface area (Å²) < 4.78 is 5.83. The molecule has 1 rings (SSSR count). The van der Waals surface area contributed by atoms with Gasteiger partial charge in [0.25, 0.3) is 0 Å². The van der Waals surface area contributed by atoms with E-state index in [1.165, 1.54) is 25.7 Å². The van der Waals surface area contributed by atoms with Crippen LogP contribution in [0, 0.1) is 6.92 Å². The summed E-state index contributed by atoms with van der Waals surface area (Å²) in [5, 5.41) is 3.01. The Hall–Kier alpha value is -1.32. The van der Waals surface area contributed by atoms with Crippen LogP contribution in [-0.4, -0.2) is 23.1 Å². The predicted molar refractivity (Wildman–Crippen MR) is 75.2 cm³/mol. The molecule has 0 radical (unpaired) electrons. The van der Waals surface area contributed by atoms with Gasteiger partial charge in [-0.05, 0) is 26.7 Å². The highest BCUT2D eigenvalue weighted by Crippen LogP contribution is 2.16. The van der Waals surface area contributed by atoms with Crippen molar-refractivity contribution in [1.82, 2.24) is 9.97 Å². The van der Waals surface area contributed by atoms with Gasteiger partial charge in [-0.2, -0.15) is 4.98 Å². The van der Waals surface area contributed by atoms with Crippen LogP contribution >= 0.6 is 0 Å². The van der Waals surface area contributed by atoms with Crippen LogP contribution in [0.1, 0.15) is 51.8 Å². The summed E-state index contributed by atoms with van der Waals surface area (Å²) in [6, 6.07) is 1.84. The molecule has 0 spiro atoms. The third kappa shape index (κ3) is 5.34. The number of ether oxygens (including phenoxy) is 1. The maximum absolute atomic E-state index is 5.83. The van der Waals surface area contributed by atoms with Crippen LogP contribution in [0.5, 0.6) is 5.88 Å². The number of aryl methyl sites for hydroxylation is 1. The van der Waals surface area contributed by atoms with E-state index in [4.69, 9.17) is 4.74 Å². The molecular formula is C14H25N3O. The normalized spacial score (nSPS) is 12.2. The fourth-order valence-corrected chi connectivity index (χ4v) is 1.85. The van der Waals surface area contributed by atoms with E-state index < -0.39 is 0 Å². The molecule has 0 aliphatic rings. The van der Waals surface area contributed by atoms with Crippen molar-refractivity contribution < 1.29 is 4.74 Å². The molecule has 1 aromatic heterocycles. The Labute approximate surface area is 110 Å². The fraction of sp³-hybridized carbons (Fsp3) is 0.714. The van der Waals surface area contributed by atoms with Gasteiger partial charge in [0.15, 0.2) is 0 Å². The second kappa shape index (κ2) is 7.90. The number of anilines is 1. The molecule has 0 aromatic carbocycles. The average Bonchev–Trinajstić information content (AvgIpc) is 2.34. The second-order valence-corrected chi connectivity index (χ2v) is 4.67. The lowest BCUT2D eigenvalue weighted by atomic mass is 10.1. The number of nitrogens with one attached hydrogen (secondary N) is 1. The molecule has 0 saturated heterocycles. The number of unbranched alkanes of at least 4 members (excludes halogenated alkanes) is 3. The molecule has 1 unspecified atom stereocenters. The monoisotopic (exact) mass is 251 g/mol. The number of nitrogens with zero attached hydrogens (tertiary/aromatic N) is 2. The van der Waals surface area contributed by atoms with E-state index in [0.29, 0.717) is 5.88 Å². The van der Waals surface area contributed by atoms with E-state index in [-0.39, 0.29) is 6.10 Å². The lowest BCUT2D eigenvalue weighted by Gasteiger charge is -2.14.